The quantitative estimate of drug-likeness (QED) is 0.575. The van der Waals surface area contributed by atoms with Crippen LogP contribution in [0.3, 0.4) is 0 Å². The number of amides is 2. The topological polar surface area (TPSA) is 88.2 Å². The molecule has 0 spiro atoms. The van der Waals surface area contributed by atoms with Gasteiger partial charge in [0.1, 0.15) is 30.9 Å². The smallest absolute Gasteiger partial charge is 0.251 e. The van der Waals surface area contributed by atoms with E-state index in [2.05, 4.69) is 29.3 Å². The van der Waals surface area contributed by atoms with E-state index in [9.17, 15) is 14.4 Å². The Balaban J connectivity index is 1.44. The summed E-state index contributed by atoms with van der Waals surface area (Å²) in [6.45, 7) is 12.0. The van der Waals surface area contributed by atoms with E-state index in [0.717, 1.165) is 32.5 Å². The highest BCUT2D eigenvalue weighted by Crippen LogP contribution is 2.32. The van der Waals surface area contributed by atoms with E-state index in [0.29, 0.717) is 17.9 Å². The molecular formula is C29H43N3O5. The molecule has 3 aliphatic heterocycles. The molecule has 3 saturated heterocycles. The van der Waals surface area contributed by atoms with Crippen molar-refractivity contribution in [2.24, 2.45) is 5.41 Å². The van der Waals surface area contributed by atoms with Crippen molar-refractivity contribution in [3.8, 4) is 0 Å². The van der Waals surface area contributed by atoms with Gasteiger partial charge in [0.15, 0.2) is 5.78 Å². The second-order valence-electron chi connectivity index (χ2n) is 12.0. The fourth-order valence-corrected chi connectivity index (χ4v) is 6.01. The zero-order chi connectivity index (χ0) is 26.7. The van der Waals surface area contributed by atoms with Crippen molar-refractivity contribution in [3.63, 3.8) is 0 Å². The molecule has 1 aromatic carbocycles. The van der Waals surface area contributed by atoms with E-state index < -0.39 is 18.2 Å². The number of carbonyl (C=O) groups is 3. The van der Waals surface area contributed by atoms with Crippen molar-refractivity contribution in [3.05, 3.63) is 35.4 Å². The summed E-state index contributed by atoms with van der Waals surface area (Å²) in [6, 6.07) is 6.43. The number of hydrogen-bond donors (Lipinski definition) is 1. The Kier molecular flexibility index (Phi) is 8.71. The largest absolute Gasteiger partial charge is 0.377 e. The Bertz CT molecular complexity index is 965. The molecule has 0 saturated carbocycles. The van der Waals surface area contributed by atoms with Gasteiger partial charge in [-0.25, -0.2) is 0 Å². The lowest BCUT2D eigenvalue weighted by Gasteiger charge is -2.32. The molecule has 1 aromatic rings. The Morgan fingerprint density at radius 3 is 2.43 bits per heavy atom. The zero-order valence-corrected chi connectivity index (χ0v) is 23.0. The fraction of sp³-hybridized carbons (Fsp3) is 0.690. The highest BCUT2D eigenvalue weighted by molar-refractivity contribution is 5.99. The average molecular weight is 514 g/mol. The van der Waals surface area contributed by atoms with Gasteiger partial charge in [0.05, 0.1) is 6.54 Å². The number of rotatable bonds is 8. The molecule has 0 bridgehead atoms. The molecular weight excluding hydrogens is 470 g/mol. The molecule has 8 nitrogen and oxygen atoms in total. The van der Waals surface area contributed by atoms with Crippen molar-refractivity contribution in [2.45, 2.75) is 83.6 Å². The van der Waals surface area contributed by atoms with Crippen LogP contribution in [0.25, 0.3) is 0 Å². The monoisotopic (exact) mass is 513 g/mol. The predicted molar refractivity (Wildman–Crippen MR) is 142 cm³/mol. The van der Waals surface area contributed by atoms with Gasteiger partial charge >= 0.3 is 0 Å². The Hall–Kier alpha value is -2.29. The van der Waals surface area contributed by atoms with Crippen molar-refractivity contribution in [1.29, 1.82) is 0 Å². The highest BCUT2D eigenvalue weighted by Gasteiger charge is 2.53. The third-order valence-electron chi connectivity index (χ3n) is 7.92. The van der Waals surface area contributed by atoms with Gasteiger partial charge in [0, 0.05) is 12.7 Å². The summed E-state index contributed by atoms with van der Waals surface area (Å²) < 4.78 is 11.1. The lowest BCUT2D eigenvalue weighted by molar-refractivity contribution is -0.138. The van der Waals surface area contributed by atoms with Gasteiger partial charge in [0.25, 0.3) is 5.91 Å². The van der Waals surface area contributed by atoms with Crippen LogP contribution in [0.1, 0.15) is 75.2 Å². The van der Waals surface area contributed by atoms with Crippen LogP contribution in [0.5, 0.6) is 0 Å². The molecule has 3 heterocycles. The third-order valence-corrected chi connectivity index (χ3v) is 7.92. The number of likely N-dealkylation sites (tertiary alicyclic amines) is 2. The zero-order valence-electron chi connectivity index (χ0n) is 23.0. The molecule has 0 aliphatic carbocycles. The minimum atomic E-state index is -0.750. The van der Waals surface area contributed by atoms with Gasteiger partial charge in [-0.3, -0.25) is 14.4 Å². The van der Waals surface area contributed by atoms with Gasteiger partial charge in [-0.1, -0.05) is 39.8 Å². The molecule has 37 heavy (non-hydrogen) atoms. The lowest BCUT2D eigenvalue weighted by Crippen LogP contribution is -2.53. The number of Topliss-reactive ketones (excluding diaryl/α,β-unsaturated/α-hetero) is 1. The second-order valence-corrected chi connectivity index (χ2v) is 12.0. The number of nitrogens with zero attached hydrogens (tertiary/aromatic N) is 2. The molecule has 3 aliphatic rings. The molecule has 204 valence electrons. The first-order valence-electron chi connectivity index (χ1n) is 13.7. The summed E-state index contributed by atoms with van der Waals surface area (Å²) in [5.74, 6) is -0.134. The number of carbonyl (C=O) groups excluding carboxylic acids is 3. The molecule has 1 N–H and O–H groups in total. The van der Waals surface area contributed by atoms with Crippen LogP contribution in [0.4, 0.5) is 0 Å². The molecule has 2 amide bonds. The van der Waals surface area contributed by atoms with E-state index in [1.165, 1.54) is 12.0 Å². The van der Waals surface area contributed by atoms with E-state index in [1.54, 1.807) is 12.0 Å². The SMILES string of the molecule is CCCN1CCC(c2ccc(C(=O)NC(CC(C)(C)C)C(=O)N3C[C@H](OC)[C@H]4OCC(=O)[C@H]43)cc2)CC1. The van der Waals surface area contributed by atoms with Crippen LogP contribution in [-0.2, 0) is 19.1 Å². The van der Waals surface area contributed by atoms with Gasteiger partial charge in [0.2, 0.25) is 5.91 Å². The van der Waals surface area contributed by atoms with Gasteiger partial charge in [-0.05, 0) is 74.3 Å². The fourth-order valence-electron chi connectivity index (χ4n) is 6.01. The van der Waals surface area contributed by atoms with Crippen LogP contribution in [0.2, 0.25) is 0 Å². The summed E-state index contributed by atoms with van der Waals surface area (Å²) in [5, 5.41) is 2.98. The molecule has 1 unspecified atom stereocenters. The number of nitrogens with one attached hydrogen (secondary N) is 1. The predicted octanol–water partition coefficient (Wildman–Crippen LogP) is 3.00. The maximum Gasteiger partial charge on any atom is 0.251 e. The summed E-state index contributed by atoms with van der Waals surface area (Å²) >= 11 is 0. The van der Waals surface area contributed by atoms with Crippen LogP contribution in [-0.4, -0.2) is 91.6 Å². The van der Waals surface area contributed by atoms with Gasteiger partial charge < -0.3 is 24.6 Å². The summed E-state index contributed by atoms with van der Waals surface area (Å²) in [4.78, 5) is 43.6. The normalized spacial score (nSPS) is 25.8. The first-order chi connectivity index (χ1) is 17.6. The number of piperidine rings is 1. The van der Waals surface area contributed by atoms with Crippen molar-refractivity contribution >= 4 is 17.6 Å². The number of benzene rings is 1. The van der Waals surface area contributed by atoms with Crippen LogP contribution in [0.15, 0.2) is 24.3 Å². The Morgan fingerprint density at radius 2 is 1.84 bits per heavy atom. The molecule has 8 heteroatoms. The van der Waals surface area contributed by atoms with Crippen molar-refractivity contribution in [2.75, 3.05) is 39.9 Å². The second kappa shape index (κ2) is 11.6. The minimum absolute atomic E-state index is 0.0146. The molecule has 0 aromatic heterocycles. The van der Waals surface area contributed by atoms with Gasteiger partial charge in [-0.2, -0.15) is 0 Å². The number of hydrogen-bond acceptors (Lipinski definition) is 6. The van der Waals surface area contributed by atoms with Crippen LogP contribution < -0.4 is 5.32 Å². The number of methoxy groups -OCH3 is 1. The van der Waals surface area contributed by atoms with E-state index >= 15 is 0 Å². The Morgan fingerprint density at radius 1 is 1.16 bits per heavy atom. The minimum Gasteiger partial charge on any atom is -0.377 e. The van der Waals surface area contributed by atoms with Crippen LogP contribution >= 0.6 is 0 Å². The molecule has 0 radical (unpaired) electrons. The van der Waals surface area contributed by atoms with Crippen molar-refractivity contribution in [1.82, 2.24) is 15.1 Å². The standard InChI is InChI=1S/C29H43N3O5/c1-6-13-31-14-11-20(12-15-31)19-7-9-21(10-8-19)27(34)30-22(16-29(2,3)4)28(35)32-17-24(36-5)26-25(32)23(33)18-37-26/h7-10,20,22,24-26H,6,11-18H2,1-5H3,(H,30,34)/t22?,24-,25+,26+/m0/s1. The maximum absolute atomic E-state index is 13.7. The first kappa shape index (κ1) is 27.7. The first-order valence-corrected chi connectivity index (χ1v) is 13.7. The third kappa shape index (κ3) is 6.41. The maximum atomic E-state index is 13.7. The van der Waals surface area contributed by atoms with Crippen molar-refractivity contribution < 1.29 is 23.9 Å². The molecule has 4 rings (SSSR count). The highest BCUT2D eigenvalue weighted by atomic mass is 16.5. The van der Waals surface area contributed by atoms with E-state index in [4.69, 9.17) is 9.47 Å². The summed E-state index contributed by atoms with van der Waals surface area (Å²) in [6.07, 6.45) is 3.10. The van der Waals surface area contributed by atoms with Gasteiger partial charge in [-0.15, -0.1) is 0 Å². The average Bonchev–Trinajstić information content (AvgIpc) is 3.43. The summed E-state index contributed by atoms with van der Waals surface area (Å²) in [7, 11) is 1.56. The Labute approximate surface area is 221 Å². The molecule has 4 atom stereocenters. The number of ether oxygens (including phenoxy) is 2. The molecule has 3 fully saturated rings. The number of ketones is 1. The number of fused-ring (bicyclic) bond motifs is 1. The lowest BCUT2D eigenvalue weighted by atomic mass is 9.87. The summed E-state index contributed by atoms with van der Waals surface area (Å²) in [5.41, 5.74) is 1.59. The van der Waals surface area contributed by atoms with E-state index in [-0.39, 0.29) is 42.3 Å². The van der Waals surface area contributed by atoms with E-state index in [1.807, 2.05) is 32.9 Å². The van der Waals surface area contributed by atoms with Crippen LogP contribution in [0, 0.1) is 5.41 Å².